The fourth-order valence-corrected chi connectivity index (χ4v) is 4.01. The van der Waals surface area contributed by atoms with E-state index in [4.69, 9.17) is 9.47 Å². The predicted molar refractivity (Wildman–Crippen MR) is 141 cm³/mol. The summed E-state index contributed by atoms with van der Waals surface area (Å²) in [5, 5.41) is 9.43. The Morgan fingerprint density at radius 2 is 1.15 bits per heavy atom. The first-order chi connectivity index (χ1) is 16.4. The van der Waals surface area contributed by atoms with Crippen molar-refractivity contribution in [3.63, 3.8) is 0 Å². The molecule has 202 valence electrons. The molecule has 0 aliphatic rings. The Morgan fingerprint density at radius 1 is 0.676 bits per heavy atom. The number of carbonyl (C=O) groups excluding carboxylic acids is 2. The van der Waals surface area contributed by atoms with Gasteiger partial charge in [0.15, 0.2) is 6.10 Å². The average molecular weight is 485 g/mol. The van der Waals surface area contributed by atoms with Gasteiger partial charge in [-0.2, -0.15) is 0 Å². The third kappa shape index (κ3) is 22.7. The van der Waals surface area contributed by atoms with Crippen LogP contribution in [-0.4, -0.2) is 36.4 Å². The largest absolute Gasteiger partial charge is 0.462 e. The molecule has 0 heterocycles. The normalized spacial score (nSPS) is 13.1. The minimum absolute atomic E-state index is 0.0624. The van der Waals surface area contributed by atoms with E-state index in [0.717, 1.165) is 50.4 Å². The molecule has 5 nitrogen and oxygen atoms in total. The number of rotatable bonds is 24. The van der Waals surface area contributed by atoms with E-state index in [0.29, 0.717) is 12.8 Å². The summed E-state index contributed by atoms with van der Waals surface area (Å²) >= 11 is 0. The van der Waals surface area contributed by atoms with Gasteiger partial charge in [0.2, 0.25) is 0 Å². The van der Waals surface area contributed by atoms with Crippen molar-refractivity contribution in [2.45, 2.75) is 149 Å². The Hall–Kier alpha value is -1.10. The summed E-state index contributed by atoms with van der Waals surface area (Å²) < 4.78 is 10.5. The second kappa shape index (κ2) is 23.6. The number of hydrogen-bond donors (Lipinski definition) is 1. The molecule has 0 aromatic rings. The van der Waals surface area contributed by atoms with Gasteiger partial charge in [-0.25, -0.2) is 0 Å². The van der Waals surface area contributed by atoms with Crippen LogP contribution in [0.3, 0.4) is 0 Å². The SMILES string of the molecule is CCC(C)CCCCCCCCC(=O)O[C@@H](CO)COC(=O)CCCCCCCCCC(C)C. The van der Waals surface area contributed by atoms with Crippen LogP contribution in [0.2, 0.25) is 0 Å². The Morgan fingerprint density at radius 3 is 1.65 bits per heavy atom. The smallest absolute Gasteiger partial charge is 0.306 e. The molecule has 34 heavy (non-hydrogen) atoms. The summed E-state index contributed by atoms with van der Waals surface area (Å²) in [5.74, 6) is 1.02. The molecular weight excluding hydrogens is 428 g/mol. The lowest BCUT2D eigenvalue weighted by molar-refractivity contribution is -0.161. The van der Waals surface area contributed by atoms with Gasteiger partial charge in [-0.1, -0.05) is 118 Å². The lowest BCUT2D eigenvalue weighted by Gasteiger charge is -2.15. The summed E-state index contributed by atoms with van der Waals surface area (Å²) in [6.07, 6.45) is 18.8. The average Bonchev–Trinajstić information content (AvgIpc) is 2.81. The molecule has 0 bridgehead atoms. The number of esters is 2. The summed E-state index contributed by atoms with van der Waals surface area (Å²) in [7, 11) is 0. The molecule has 0 rings (SSSR count). The van der Waals surface area contributed by atoms with Crippen LogP contribution in [0.4, 0.5) is 0 Å². The standard InChI is InChI=1S/C29H56O5/c1-5-26(4)20-16-12-9-10-14-18-22-29(32)34-27(23-30)24-33-28(31)21-17-13-8-6-7-11-15-19-25(2)3/h25-27,30H,5-24H2,1-4H3/t26?,27-/m0/s1. The van der Waals surface area contributed by atoms with Crippen molar-refractivity contribution >= 4 is 11.9 Å². The lowest BCUT2D eigenvalue weighted by Crippen LogP contribution is -2.28. The first-order valence-electron chi connectivity index (χ1n) is 14.3. The number of aliphatic hydroxyl groups is 1. The molecule has 0 aromatic heterocycles. The summed E-state index contributed by atoms with van der Waals surface area (Å²) in [6, 6.07) is 0. The first-order valence-corrected chi connectivity index (χ1v) is 14.3. The second-order valence-electron chi connectivity index (χ2n) is 10.6. The van der Waals surface area contributed by atoms with E-state index in [1.807, 2.05) is 0 Å². The van der Waals surface area contributed by atoms with Gasteiger partial charge in [-0.05, 0) is 24.7 Å². The topological polar surface area (TPSA) is 72.8 Å². The highest BCUT2D eigenvalue weighted by molar-refractivity contribution is 5.70. The van der Waals surface area contributed by atoms with Crippen molar-refractivity contribution in [3.05, 3.63) is 0 Å². The quantitative estimate of drug-likeness (QED) is 0.112. The summed E-state index contributed by atoms with van der Waals surface area (Å²) in [4.78, 5) is 23.9. The molecular formula is C29H56O5. The second-order valence-corrected chi connectivity index (χ2v) is 10.6. The van der Waals surface area contributed by atoms with Crippen LogP contribution in [-0.2, 0) is 19.1 Å². The molecule has 5 heteroatoms. The molecule has 2 atom stereocenters. The molecule has 0 fully saturated rings. The molecule has 1 N–H and O–H groups in total. The van der Waals surface area contributed by atoms with Crippen LogP contribution in [0, 0.1) is 11.8 Å². The van der Waals surface area contributed by atoms with Crippen molar-refractivity contribution in [2.75, 3.05) is 13.2 Å². The summed E-state index contributed by atoms with van der Waals surface area (Å²) in [5.41, 5.74) is 0. The van der Waals surface area contributed by atoms with Crippen LogP contribution >= 0.6 is 0 Å². The highest BCUT2D eigenvalue weighted by Crippen LogP contribution is 2.15. The number of ether oxygens (including phenoxy) is 2. The predicted octanol–water partition coefficient (Wildman–Crippen LogP) is 7.77. The fourth-order valence-electron chi connectivity index (χ4n) is 4.01. The van der Waals surface area contributed by atoms with E-state index in [1.54, 1.807) is 0 Å². The van der Waals surface area contributed by atoms with Gasteiger partial charge in [-0.15, -0.1) is 0 Å². The van der Waals surface area contributed by atoms with E-state index in [2.05, 4.69) is 27.7 Å². The fraction of sp³-hybridized carbons (Fsp3) is 0.931. The molecule has 0 aliphatic carbocycles. The van der Waals surface area contributed by atoms with E-state index in [1.165, 1.54) is 64.2 Å². The number of hydrogen-bond acceptors (Lipinski definition) is 5. The zero-order valence-electron chi connectivity index (χ0n) is 23.0. The molecule has 0 aliphatic heterocycles. The molecule has 0 amide bonds. The zero-order chi connectivity index (χ0) is 25.4. The van der Waals surface area contributed by atoms with Gasteiger partial charge in [-0.3, -0.25) is 9.59 Å². The number of unbranched alkanes of at least 4 members (excludes halogenated alkanes) is 11. The van der Waals surface area contributed by atoms with E-state index >= 15 is 0 Å². The van der Waals surface area contributed by atoms with Crippen LogP contribution < -0.4 is 0 Å². The number of carbonyl (C=O) groups is 2. The van der Waals surface area contributed by atoms with E-state index < -0.39 is 6.10 Å². The van der Waals surface area contributed by atoms with Crippen molar-refractivity contribution in [3.8, 4) is 0 Å². The minimum Gasteiger partial charge on any atom is -0.462 e. The van der Waals surface area contributed by atoms with Gasteiger partial charge < -0.3 is 14.6 Å². The zero-order valence-corrected chi connectivity index (χ0v) is 23.0. The molecule has 0 radical (unpaired) electrons. The molecule has 0 saturated carbocycles. The summed E-state index contributed by atoms with van der Waals surface area (Å²) in [6.45, 7) is 8.70. The third-order valence-corrected chi connectivity index (χ3v) is 6.62. The monoisotopic (exact) mass is 484 g/mol. The van der Waals surface area contributed by atoms with Gasteiger partial charge in [0.05, 0.1) is 6.61 Å². The third-order valence-electron chi connectivity index (χ3n) is 6.62. The Labute approximate surface area is 210 Å². The Kier molecular flexibility index (Phi) is 22.9. The van der Waals surface area contributed by atoms with Crippen LogP contribution in [0.25, 0.3) is 0 Å². The Bertz CT molecular complexity index is 477. The molecule has 0 saturated heterocycles. The van der Waals surface area contributed by atoms with Crippen molar-refractivity contribution in [1.82, 2.24) is 0 Å². The van der Waals surface area contributed by atoms with Crippen LogP contribution in [0.15, 0.2) is 0 Å². The maximum absolute atomic E-state index is 12.0. The lowest BCUT2D eigenvalue weighted by atomic mass is 10.00. The molecule has 0 aromatic carbocycles. The van der Waals surface area contributed by atoms with E-state index in [9.17, 15) is 14.7 Å². The van der Waals surface area contributed by atoms with Gasteiger partial charge >= 0.3 is 11.9 Å². The highest BCUT2D eigenvalue weighted by atomic mass is 16.6. The van der Waals surface area contributed by atoms with Gasteiger partial charge in [0, 0.05) is 12.8 Å². The van der Waals surface area contributed by atoms with Gasteiger partial charge in [0.25, 0.3) is 0 Å². The van der Waals surface area contributed by atoms with Crippen molar-refractivity contribution < 1.29 is 24.2 Å². The molecule has 0 spiro atoms. The number of aliphatic hydroxyl groups excluding tert-OH is 1. The Balaban J connectivity index is 3.64. The van der Waals surface area contributed by atoms with Gasteiger partial charge in [0.1, 0.15) is 6.61 Å². The van der Waals surface area contributed by atoms with E-state index in [-0.39, 0.29) is 25.2 Å². The first kappa shape index (κ1) is 32.9. The molecule has 1 unspecified atom stereocenters. The maximum Gasteiger partial charge on any atom is 0.306 e. The van der Waals surface area contributed by atoms with Crippen LogP contribution in [0.1, 0.15) is 143 Å². The minimum atomic E-state index is -0.761. The van der Waals surface area contributed by atoms with Crippen molar-refractivity contribution in [2.24, 2.45) is 11.8 Å². The highest BCUT2D eigenvalue weighted by Gasteiger charge is 2.16. The van der Waals surface area contributed by atoms with Crippen molar-refractivity contribution in [1.29, 1.82) is 0 Å². The van der Waals surface area contributed by atoms with Crippen LogP contribution in [0.5, 0.6) is 0 Å². The maximum atomic E-state index is 12.0.